The van der Waals surface area contributed by atoms with Crippen molar-refractivity contribution in [2.45, 2.75) is 25.8 Å². The zero-order valence-corrected chi connectivity index (χ0v) is 17.4. The van der Waals surface area contributed by atoms with Crippen LogP contribution in [0.5, 0.6) is 11.5 Å². The smallest absolute Gasteiger partial charge is 0.253 e. The predicted octanol–water partition coefficient (Wildman–Crippen LogP) is 5.41. The molecule has 0 aromatic heterocycles. The molecule has 4 nitrogen and oxygen atoms in total. The van der Waals surface area contributed by atoms with Crippen molar-refractivity contribution in [1.82, 2.24) is 4.90 Å². The lowest BCUT2D eigenvalue weighted by Crippen LogP contribution is -2.42. The van der Waals surface area contributed by atoms with Crippen molar-refractivity contribution in [3.05, 3.63) is 58.1 Å². The summed E-state index contributed by atoms with van der Waals surface area (Å²) >= 11 is 12.1. The largest absolute Gasteiger partial charge is 0.456 e. The molecule has 1 heterocycles. The summed E-state index contributed by atoms with van der Waals surface area (Å²) in [6.45, 7) is 3.54. The Hall–Kier alpha value is -1.46. The number of hydrogen-bond acceptors (Lipinski definition) is 3. The van der Waals surface area contributed by atoms with E-state index in [0.29, 0.717) is 33.0 Å². The van der Waals surface area contributed by atoms with Crippen LogP contribution in [0, 0.1) is 5.92 Å². The molecule has 2 aromatic rings. The molecular formula is C20H23Cl3N2O2. The van der Waals surface area contributed by atoms with Crippen LogP contribution >= 0.6 is 35.6 Å². The van der Waals surface area contributed by atoms with E-state index in [4.69, 9.17) is 33.7 Å². The van der Waals surface area contributed by atoms with Gasteiger partial charge in [-0.2, -0.15) is 0 Å². The molecule has 2 aromatic carbocycles. The second-order valence-corrected chi connectivity index (χ2v) is 7.45. The molecule has 1 saturated heterocycles. The average Bonchev–Trinajstić information content (AvgIpc) is 2.65. The molecule has 1 atom stereocenters. The van der Waals surface area contributed by atoms with Gasteiger partial charge in [-0.15, -0.1) is 12.4 Å². The summed E-state index contributed by atoms with van der Waals surface area (Å²) in [4.78, 5) is 14.6. The summed E-state index contributed by atoms with van der Waals surface area (Å²) in [5.41, 5.74) is 6.61. The summed E-state index contributed by atoms with van der Waals surface area (Å²) < 4.78 is 5.76. The van der Waals surface area contributed by atoms with E-state index in [9.17, 15) is 4.79 Å². The van der Waals surface area contributed by atoms with Gasteiger partial charge in [-0.3, -0.25) is 4.79 Å². The Balaban J connectivity index is 0.00000261. The Morgan fingerprint density at radius 2 is 1.78 bits per heavy atom. The summed E-state index contributed by atoms with van der Waals surface area (Å²) in [5.74, 6) is 1.62. The number of halogens is 3. The monoisotopic (exact) mass is 428 g/mol. The van der Waals surface area contributed by atoms with Crippen LogP contribution in [0.3, 0.4) is 0 Å². The highest BCUT2D eigenvalue weighted by molar-refractivity contribution is 6.42. The molecule has 1 unspecified atom stereocenters. The van der Waals surface area contributed by atoms with Crippen molar-refractivity contribution >= 4 is 41.5 Å². The maximum Gasteiger partial charge on any atom is 0.253 e. The van der Waals surface area contributed by atoms with Gasteiger partial charge in [0, 0.05) is 24.7 Å². The lowest BCUT2D eigenvalue weighted by molar-refractivity contribution is 0.0681. The number of likely N-dealkylation sites (tertiary alicyclic amines) is 1. The van der Waals surface area contributed by atoms with Gasteiger partial charge in [-0.1, -0.05) is 29.3 Å². The Bertz CT molecular complexity index is 773. The molecule has 0 aliphatic carbocycles. The van der Waals surface area contributed by atoms with Crippen molar-refractivity contribution in [3.63, 3.8) is 0 Å². The van der Waals surface area contributed by atoms with E-state index in [0.717, 1.165) is 25.9 Å². The van der Waals surface area contributed by atoms with Crippen LogP contribution in [-0.2, 0) is 0 Å². The molecule has 2 N–H and O–H groups in total. The minimum Gasteiger partial charge on any atom is -0.456 e. The first-order chi connectivity index (χ1) is 12.5. The molecule has 0 spiro atoms. The van der Waals surface area contributed by atoms with Gasteiger partial charge in [-0.05, 0) is 62.1 Å². The number of nitrogens with two attached hydrogens (primary N) is 1. The van der Waals surface area contributed by atoms with E-state index in [1.54, 1.807) is 42.5 Å². The second-order valence-electron chi connectivity index (χ2n) is 6.67. The van der Waals surface area contributed by atoms with Crippen LogP contribution in [0.25, 0.3) is 0 Å². The maximum absolute atomic E-state index is 12.7. The number of carbonyl (C=O) groups is 1. The van der Waals surface area contributed by atoms with Crippen molar-refractivity contribution in [3.8, 4) is 11.5 Å². The van der Waals surface area contributed by atoms with Crippen molar-refractivity contribution in [2.75, 3.05) is 13.1 Å². The van der Waals surface area contributed by atoms with E-state index >= 15 is 0 Å². The third-order valence-electron chi connectivity index (χ3n) is 4.82. The molecule has 3 rings (SSSR count). The van der Waals surface area contributed by atoms with Gasteiger partial charge in [0.2, 0.25) is 0 Å². The van der Waals surface area contributed by atoms with Gasteiger partial charge in [0.1, 0.15) is 16.5 Å². The Labute approximate surface area is 176 Å². The molecule has 27 heavy (non-hydrogen) atoms. The van der Waals surface area contributed by atoms with Crippen molar-refractivity contribution < 1.29 is 9.53 Å². The highest BCUT2D eigenvalue weighted by Crippen LogP contribution is 2.34. The van der Waals surface area contributed by atoms with Crippen LogP contribution in [0.1, 0.15) is 30.1 Å². The van der Waals surface area contributed by atoms with E-state index in [2.05, 4.69) is 0 Å². The van der Waals surface area contributed by atoms with Crippen molar-refractivity contribution in [1.29, 1.82) is 0 Å². The predicted molar refractivity (Wildman–Crippen MR) is 113 cm³/mol. The molecule has 1 aliphatic rings. The fourth-order valence-corrected chi connectivity index (χ4v) is 3.50. The van der Waals surface area contributed by atoms with Gasteiger partial charge in [-0.25, -0.2) is 0 Å². The molecule has 0 radical (unpaired) electrons. The molecule has 0 bridgehead atoms. The number of amides is 1. The van der Waals surface area contributed by atoms with E-state index in [-0.39, 0.29) is 24.4 Å². The van der Waals surface area contributed by atoms with Gasteiger partial charge < -0.3 is 15.4 Å². The molecule has 146 valence electrons. The van der Waals surface area contributed by atoms with Gasteiger partial charge >= 0.3 is 0 Å². The van der Waals surface area contributed by atoms with Crippen LogP contribution in [-0.4, -0.2) is 29.9 Å². The van der Waals surface area contributed by atoms with Crippen LogP contribution in [0.15, 0.2) is 42.5 Å². The number of benzene rings is 2. The number of hydrogen-bond donors (Lipinski definition) is 1. The topological polar surface area (TPSA) is 55.6 Å². The molecule has 7 heteroatoms. The summed E-state index contributed by atoms with van der Waals surface area (Å²) in [5, 5.41) is 0.803. The Morgan fingerprint density at radius 3 is 2.37 bits per heavy atom. The van der Waals surface area contributed by atoms with Gasteiger partial charge in [0.05, 0.1) is 5.02 Å². The molecule has 1 amide bonds. The maximum atomic E-state index is 12.7. The number of carbonyl (C=O) groups excluding carboxylic acids is 1. The van der Waals surface area contributed by atoms with Crippen LogP contribution in [0.4, 0.5) is 0 Å². The van der Waals surface area contributed by atoms with Crippen molar-refractivity contribution in [2.24, 2.45) is 11.7 Å². The Kier molecular flexibility index (Phi) is 7.80. The summed E-state index contributed by atoms with van der Waals surface area (Å²) in [6.07, 6.45) is 1.91. The Morgan fingerprint density at radius 1 is 1.15 bits per heavy atom. The highest BCUT2D eigenvalue weighted by atomic mass is 35.5. The SMILES string of the molecule is CC(N)C1CCN(C(=O)c2ccc(Oc3cccc(Cl)c3Cl)cc2)CC1.Cl. The fourth-order valence-electron chi connectivity index (χ4n) is 3.17. The minimum atomic E-state index is 0. The van der Waals surface area contributed by atoms with E-state index < -0.39 is 0 Å². The van der Waals surface area contributed by atoms with E-state index in [1.165, 1.54) is 0 Å². The molecule has 0 saturated carbocycles. The number of ether oxygens (including phenoxy) is 1. The first kappa shape index (κ1) is 21.8. The van der Waals surface area contributed by atoms with Gasteiger partial charge in [0.25, 0.3) is 5.91 Å². The minimum absolute atomic E-state index is 0. The number of piperidine rings is 1. The van der Waals surface area contributed by atoms with Gasteiger partial charge in [0.15, 0.2) is 0 Å². The first-order valence-corrected chi connectivity index (χ1v) is 9.48. The lowest BCUT2D eigenvalue weighted by Gasteiger charge is -2.33. The third-order valence-corrected chi connectivity index (χ3v) is 5.62. The summed E-state index contributed by atoms with van der Waals surface area (Å²) in [7, 11) is 0. The number of nitrogens with zero attached hydrogens (tertiary/aromatic N) is 1. The quantitative estimate of drug-likeness (QED) is 0.707. The molecule has 1 aliphatic heterocycles. The zero-order valence-electron chi connectivity index (χ0n) is 15.0. The van der Waals surface area contributed by atoms with Crippen LogP contribution < -0.4 is 10.5 Å². The lowest BCUT2D eigenvalue weighted by atomic mass is 9.90. The standard InChI is InChI=1S/C20H22Cl2N2O2.ClH/c1-13(23)14-9-11-24(12-10-14)20(25)15-5-7-16(8-6-15)26-18-4-2-3-17(21)19(18)22;/h2-8,13-14H,9-12,23H2,1H3;1H. The van der Waals surface area contributed by atoms with E-state index in [1.807, 2.05) is 11.8 Å². The molecule has 1 fully saturated rings. The third kappa shape index (κ3) is 5.29. The normalized spacial score (nSPS) is 15.8. The average molecular weight is 430 g/mol. The second kappa shape index (κ2) is 9.65. The zero-order chi connectivity index (χ0) is 18.7. The summed E-state index contributed by atoms with van der Waals surface area (Å²) in [6, 6.07) is 12.5. The fraction of sp³-hybridized carbons (Fsp3) is 0.350. The van der Waals surface area contributed by atoms with Crippen LogP contribution in [0.2, 0.25) is 10.0 Å². The first-order valence-electron chi connectivity index (χ1n) is 8.72. The molecular weight excluding hydrogens is 407 g/mol. The highest BCUT2D eigenvalue weighted by Gasteiger charge is 2.25. The number of rotatable bonds is 4.